The minimum absolute atomic E-state index is 0.0769. The van der Waals surface area contributed by atoms with Crippen molar-refractivity contribution in [2.24, 2.45) is 0 Å². The molecular weight excluding hydrogens is 581 g/mol. The second kappa shape index (κ2) is 13.4. The number of benzene rings is 3. The molecule has 40 heavy (non-hydrogen) atoms. The van der Waals surface area contributed by atoms with Crippen molar-refractivity contribution >= 4 is 57.9 Å². The number of carbonyl (C=O) groups excluding carboxylic acids is 3. The van der Waals surface area contributed by atoms with E-state index in [1.54, 1.807) is 20.8 Å². The fraction of sp³-hybridized carbons (Fsp3) is 0.185. The number of hydrogen-bond donors (Lipinski definition) is 2. The maximum absolute atomic E-state index is 13.2. The molecular formula is C27H23Cl2N3O7S. The van der Waals surface area contributed by atoms with Gasteiger partial charge in [-0.2, -0.15) is 5.26 Å². The Kier molecular flexibility index (Phi) is 10.3. The number of ether oxygens (including phenoxy) is 2. The van der Waals surface area contributed by atoms with E-state index in [1.807, 2.05) is 6.07 Å². The van der Waals surface area contributed by atoms with E-state index in [0.717, 1.165) is 0 Å². The number of halogens is 2. The summed E-state index contributed by atoms with van der Waals surface area (Å²) in [5, 5.41) is 12.3. The molecule has 0 aliphatic heterocycles. The number of ketones is 1. The van der Waals surface area contributed by atoms with Crippen molar-refractivity contribution in [3.8, 4) is 17.6 Å². The zero-order valence-corrected chi connectivity index (χ0v) is 23.8. The molecule has 0 aliphatic carbocycles. The fourth-order valence-corrected chi connectivity index (χ4v) is 4.45. The van der Waals surface area contributed by atoms with Gasteiger partial charge in [-0.3, -0.25) is 14.1 Å². The summed E-state index contributed by atoms with van der Waals surface area (Å²) in [5.41, 5.74) is 1.37. The van der Waals surface area contributed by atoms with Gasteiger partial charge in [-0.05, 0) is 80.9 Å². The van der Waals surface area contributed by atoms with Gasteiger partial charge in [0.1, 0.15) is 11.5 Å². The van der Waals surface area contributed by atoms with Crippen molar-refractivity contribution in [1.82, 2.24) is 4.31 Å². The van der Waals surface area contributed by atoms with E-state index >= 15 is 0 Å². The summed E-state index contributed by atoms with van der Waals surface area (Å²) >= 11 is 9.57. The van der Waals surface area contributed by atoms with Crippen molar-refractivity contribution in [1.29, 1.82) is 5.26 Å². The van der Waals surface area contributed by atoms with Crippen LogP contribution in [0.2, 0.25) is 10.0 Å². The predicted molar refractivity (Wildman–Crippen MR) is 150 cm³/mol. The molecule has 2 amide bonds. The van der Waals surface area contributed by atoms with Crippen molar-refractivity contribution in [2.45, 2.75) is 26.8 Å². The smallest absolute Gasteiger partial charge is 0.429 e. The van der Waals surface area contributed by atoms with Crippen molar-refractivity contribution in [2.75, 3.05) is 11.9 Å². The molecule has 0 saturated heterocycles. The van der Waals surface area contributed by atoms with Gasteiger partial charge in [0, 0.05) is 27.3 Å². The molecule has 0 heterocycles. The molecule has 0 saturated carbocycles. The number of carbonyl (C=O) groups is 3. The van der Waals surface area contributed by atoms with Crippen LogP contribution in [0.1, 0.15) is 40.9 Å². The molecule has 3 aromatic carbocycles. The third-order valence-corrected chi connectivity index (χ3v) is 6.69. The molecule has 3 aromatic rings. The van der Waals surface area contributed by atoms with E-state index in [9.17, 15) is 28.4 Å². The van der Waals surface area contributed by atoms with Gasteiger partial charge in [0.05, 0.1) is 17.2 Å². The zero-order valence-electron chi connectivity index (χ0n) is 21.4. The third kappa shape index (κ3) is 7.80. The van der Waals surface area contributed by atoms with Crippen LogP contribution in [0.4, 0.5) is 10.5 Å². The average Bonchev–Trinajstić information content (AvgIpc) is 2.88. The Morgan fingerprint density at radius 3 is 2.42 bits per heavy atom. The van der Waals surface area contributed by atoms with E-state index in [0.29, 0.717) is 15.6 Å². The summed E-state index contributed by atoms with van der Waals surface area (Å²) in [6.45, 7) is 4.33. The number of hydrogen-bond acceptors (Lipinski definition) is 7. The summed E-state index contributed by atoms with van der Waals surface area (Å²) in [4.78, 5) is 38.0. The molecule has 0 spiro atoms. The number of aryl methyl sites for hydroxylation is 1. The molecule has 13 heteroatoms. The van der Waals surface area contributed by atoms with E-state index in [4.69, 9.17) is 32.7 Å². The SMILES string of the molecule is Cc1cc(OC(=O)N(C(C)C)S(=O)O)ccc1NC(=O)COc1ccc(Cl)cc1C(=O)c1cc(Cl)cc(C#N)c1. The van der Waals surface area contributed by atoms with E-state index in [2.05, 4.69) is 5.32 Å². The van der Waals surface area contributed by atoms with Gasteiger partial charge >= 0.3 is 6.09 Å². The molecule has 0 bridgehead atoms. The van der Waals surface area contributed by atoms with Crippen LogP contribution in [0.25, 0.3) is 0 Å². The van der Waals surface area contributed by atoms with Gasteiger partial charge in [-0.1, -0.05) is 23.2 Å². The first kappa shape index (κ1) is 30.6. The molecule has 0 fully saturated rings. The Morgan fingerprint density at radius 1 is 1.07 bits per heavy atom. The van der Waals surface area contributed by atoms with Crippen LogP contribution < -0.4 is 14.8 Å². The number of rotatable bonds is 9. The lowest BCUT2D eigenvalue weighted by Gasteiger charge is -2.21. The van der Waals surface area contributed by atoms with Crippen molar-refractivity contribution in [3.63, 3.8) is 0 Å². The molecule has 0 aromatic heterocycles. The van der Waals surface area contributed by atoms with E-state index in [-0.39, 0.29) is 38.2 Å². The summed E-state index contributed by atoms with van der Waals surface area (Å²) in [6, 6.07) is 14.3. The van der Waals surface area contributed by atoms with Crippen LogP contribution in [0.15, 0.2) is 54.6 Å². The van der Waals surface area contributed by atoms with E-state index in [1.165, 1.54) is 54.6 Å². The summed E-state index contributed by atoms with van der Waals surface area (Å²) in [5.74, 6) is -0.841. The minimum Gasteiger partial charge on any atom is -0.483 e. The van der Waals surface area contributed by atoms with Crippen molar-refractivity contribution in [3.05, 3.63) is 86.9 Å². The number of nitrogens with zero attached hydrogens (tertiary/aromatic N) is 2. The van der Waals surface area contributed by atoms with Crippen LogP contribution in [0.3, 0.4) is 0 Å². The highest BCUT2D eigenvalue weighted by Gasteiger charge is 2.25. The van der Waals surface area contributed by atoms with Gasteiger partial charge in [-0.15, -0.1) is 0 Å². The van der Waals surface area contributed by atoms with Crippen LogP contribution in [-0.2, 0) is 16.1 Å². The first-order valence-electron chi connectivity index (χ1n) is 11.6. The second-order valence-corrected chi connectivity index (χ2v) is 10.4. The molecule has 1 atom stereocenters. The molecule has 1 unspecified atom stereocenters. The van der Waals surface area contributed by atoms with Crippen LogP contribution >= 0.6 is 23.2 Å². The molecule has 2 N–H and O–H groups in total. The lowest BCUT2D eigenvalue weighted by atomic mass is 10.0. The average molecular weight is 604 g/mol. The highest BCUT2D eigenvalue weighted by atomic mass is 35.5. The molecule has 0 radical (unpaired) electrons. The topological polar surface area (TPSA) is 146 Å². The molecule has 0 aliphatic rings. The second-order valence-electron chi connectivity index (χ2n) is 8.64. The normalized spacial score (nSPS) is 11.3. The number of nitrogens with one attached hydrogen (secondary N) is 1. The predicted octanol–water partition coefficient (Wildman–Crippen LogP) is 5.77. The maximum atomic E-state index is 13.2. The van der Waals surface area contributed by atoms with Gasteiger partial charge in [0.15, 0.2) is 12.4 Å². The Bertz CT molecular complexity index is 1540. The lowest BCUT2D eigenvalue weighted by Crippen LogP contribution is -2.40. The number of amides is 2. The highest BCUT2D eigenvalue weighted by Crippen LogP contribution is 2.28. The first-order valence-corrected chi connectivity index (χ1v) is 13.4. The highest BCUT2D eigenvalue weighted by molar-refractivity contribution is 7.77. The zero-order chi connectivity index (χ0) is 29.6. The van der Waals surface area contributed by atoms with Gasteiger partial charge in [-0.25, -0.2) is 13.3 Å². The third-order valence-electron chi connectivity index (χ3n) is 5.33. The summed E-state index contributed by atoms with van der Waals surface area (Å²) in [7, 11) is 0. The van der Waals surface area contributed by atoms with Gasteiger partial charge < -0.3 is 14.8 Å². The Morgan fingerprint density at radius 2 is 1.80 bits per heavy atom. The number of anilines is 1. The monoisotopic (exact) mass is 603 g/mol. The Balaban J connectivity index is 1.70. The van der Waals surface area contributed by atoms with E-state index < -0.39 is 41.7 Å². The Labute approximate surface area is 242 Å². The standard InChI is InChI=1S/C27H23Cl2N3O7S/c1-15(2)32(40(36)37)27(35)39-21-5-6-23(16(3)8-21)31-25(33)14-38-24-7-4-19(28)12-22(24)26(34)18-9-17(13-30)10-20(29)11-18/h4-12,15H,14H2,1-3H3,(H,31,33)(H,36,37). The maximum Gasteiger partial charge on any atom is 0.429 e. The lowest BCUT2D eigenvalue weighted by molar-refractivity contribution is -0.118. The first-order chi connectivity index (χ1) is 18.9. The minimum atomic E-state index is -2.55. The molecule has 10 nitrogen and oxygen atoms in total. The van der Waals surface area contributed by atoms with Gasteiger partial charge in [0.25, 0.3) is 17.2 Å². The quantitative estimate of drug-likeness (QED) is 0.231. The fourth-order valence-electron chi connectivity index (χ4n) is 3.52. The summed E-state index contributed by atoms with van der Waals surface area (Å²) in [6.07, 6.45) is -1.00. The van der Waals surface area contributed by atoms with Crippen LogP contribution in [0, 0.1) is 18.3 Å². The van der Waals surface area contributed by atoms with Gasteiger partial charge in [0.2, 0.25) is 0 Å². The van der Waals surface area contributed by atoms with Crippen LogP contribution in [0.5, 0.6) is 11.5 Å². The van der Waals surface area contributed by atoms with Crippen molar-refractivity contribution < 1.29 is 32.6 Å². The largest absolute Gasteiger partial charge is 0.483 e. The Hall–Kier alpha value is -3.95. The molecule has 208 valence electrons. The number of nitriles is 1. The van der Waals surface area contributed by atoms with Crippen LogP contribution in [-0.4, -0.2) is 43.5 Å². The summed E-state index contributed by atoms with van der Waals surface area (Å²) < 4.78 is 32.2. The molecule has 3 rings (SSSR count).